The average Bonchev–Trinajstić information content (AvgIpc) is 3.14. The third-order valence-electron chi connectivity index (χ3n) is 4.91. The van der Waals surface area contributed by atoms with E-state index >= 15 is 0 Å². The van der Waals surface area contributed by atoms with E-state index in [2.05, 4.69) is 10.9 Å². The molecule has 31 heavy (non-hydrogen) atoms. The number of amides is 1. The molecule has 0 saturated carbocycles. The molecule has 0 N–H and O–H groups in total. The Hall–Kier alpha value is -3.46. The number of terminal acetylenes is 1. The monoisotopic (exact) mass is 444 g/mol. The molecule has 6 heteroatoms. The van der Waals surface area contributed by atoms with Gasteiger partial charge in [0.25, 0.3) is 5.91 Å². The Morgan fingerprint density at radius 1 is 1.00 bits per heavy atom. The Balaban J connectivity index is 1.70. The van der Waals surface area contributed by atoms with Crippen LogP contribution in [0.15, 0.2) is 71.7 Å². The first-order chi connectivity index (χ1) is 15.0. The second kappa shape index (κ2) is 8.73. The van der Waals surface area contributed by atoms with Crippen molar-refractivity contribution in [3.8, 4) is 12.3 Å². The van der Waals surface area contributed by atoms with Crippen molar-refractivity contribution in [1.82, 2.24) is 4.57 Å². The van der Waals surface area contributed by atoms with Crippen molar-refractivity contribution in [1.29, 1.82) is 0 Å². The van der Waals surface area contributed by atoms with Crippen LogP contribution in [0.3, 0.4) is 0 Å². The van der Waals surface area contributed by atoms with E-state index in [0.29, 0.717) is 26.5 Å². The molecule has 3 aromatic carbocycles. The summed E-state index contributed by atoms with van der Waals surface area (Å²) in [4.78, 5) is 30.2. The summed E-state index contributed by atoms with van der Waals surface area (Å²) in [5.74, 6) is 2.12. The van der Waals surface area contributed by atoms with Crippen LogP contribution in [0.1, 0.15) is 31.8 Å². The first-order valence-corrected chi connectivity index (χ1v) is 10.7. The number of carbonyl (C=O) groups is 2. The average molecular weight is 445 g/mol. The maximum Gasteiger partial charge on any atom is 0.279 e. The normalized spacial score (nSPS) is 11.5. The summed E-state index contributed by atoms with van der Waals surface area (Å²) in [6, 6.07) is 19.2. The topological polar surface area (TPSA) is 51.4 Å². The first kappa shape index (κ1) is 20.8. The maximum atomic E-state index is 12.8. The Morgan fingerprint density at radius 3 is 2.32 bits per heavy atom. The molecule has 4 rings (SSSR count). The fourth-order valence-electron chi connectivity index (χ4n) is 3.31. The molecule has 0 saturated heterocycles. The third-order valence-corrected chi connectivity index (χ3v) is 6.36. The van der Waals surface area contributed by atoms with Gasteiger partial charge in [-0.05, 0) is 36.8 Å². The predicted molar refractivity (Wildman–Crippen MR) is 125 cm³/mol. The minimum atomic E-state index is -0.403. The van der Waals surface area contributed by atoms with Gasteiger partial charge in [-0.1, -0.05) is 71.3 Å². The number of rotatable bonds is 4. The molecule has 0 bridgehead atoms. The van der Waals surface area contributed by atoms with E-state index in [-0.39, 0.29) is 12.3 Å². The molecule has 1 aromatic heterocycles. The molecule has 1 heterocycles. The molecule has 4 nitrogen and oxygen atoms in total. The molecule has 0 atom stereocenters. The van der Waals surface area contributed by atoms with Gasteiger partial charge < -0.3 is 4.57 Å². The number of ketones is 1. The molecule has 152 valence electrons. The number of aromatic nitrogens is 1. The third kappa shape index (κ3) is 4.09. The maximum absolute atomic E-state index is 12.8. The Labute approximate surface area is 188 Å². The van der Waals surface area contributed by atoms with Crippen molar-refractivity contribution in [3.05, 3.63) is 98.8 Å². The van der Waals surface area contributed by atoms with E-state index in [4.69, 9.17) is 18.0 Å². The largest absolute Gasteiger partial charge is 0.304 e. The number of nitrogens with zero attached hydrogens (tertiary/aromatic N) is 2. The van der Waals surface area contributed by atoms with Crippen LogP contribution in [0.25, 0.3) is 10.2 Å². The number of benzene rings is 3. The second-order valence-electron chi connectivity index (χ2n) is 6.88. The zero-order valence-corrected chi connectivity index (χ0v) is 18.2. The number of halogens is 1. The van der Waals surface area contributed by atoms with Crippen LogP contribution >= 0.6 is 22.9 Å². The highest BCUT2D eigenvalue weighted by atomic mass is 35.5. The Morgan fingerprint density at radius 2 is 1.65 bits per heavy atom. The number of thiazole rings is 1. The van der Waals surface area contributed by atoms with Crippen molar-refractivity contribution >= 4 is 44.8 Å². The summed E-state index contributed by atoms with van der Waals surface area (Å²) in [6.07, 6.45) is 5.54. The van der Waals surface area contributed by atoms with E-state index in [1.807, 2.05) is 41.8 Å². The van der Waals surface area contributed by atoms with Crippen LogP contribution in [-0.2, 0) is 6.54 Å². The van der Waals surface area contributed by atoms with Crippen molar-refractivity contribution in [3.63, 3.8) is 0 Å². The molecule has 0 radical (unpaired) electrons. The standard InChI is InChI=1S/C25H17ClN2O2S/c1-3-15-28-22-16(2)20(26)13-14-21(22)31-25(28)27-24(30)19-11-9-18(10-12-19)23(29)17-7-5-4-6-8-17/h1,4-14H,15H2,2H3. The SMILES string of the molecule is C#CCn1c(=NC(=O)c2ccc(C(=O)c3ccccc3)cc2)sc2ccc(Cl)c(C)c21. The van der Waals surface area contributed by atoms with Gasteiger partial charge in [0.2, 0.25) is 0 Å². The number of hydrogen-bond acceptors (Lipinski definition) is 3. The highest BCUT2D eigenvalue weighted by Gasteiger charge is 2.13. The molecule has 1 amide bonds. The summed E-state index contributed by atoms with van der Waals surface area (Å²) >= 11 is 7.65. The predicted octanol–water partition coefficient (Wildman–Crippen LogP) is 5.27. The molecule has 0 fully saturated rings. The minimum absolute atomic E-state index is 0.0970. The molecule has 0 aliphatic rings. The first-order valence-electron chi connectivity index (χ1n) is 9.50. The summed E-state index contributed by atoms with van der Waals surface area (Å²) in [5.41, 5.74) is 3.27. The fraction of sp³-hybridized carbons (Fsp3) is 0.0800. The Bertz CT molecular complexity index is 1410. The van der Waals surface area contributed by atoms with Crippen LogP contribution in [0.2, 0.25) is 5.02 Å². The molecule has 0 unspecified atom stereocenters. The van der Waals surface area contributed by atoms with Crippen LogP contribution in [0, 0.1) is 19.3 Å². The molecular weight excluding hydrogens is 428 g/mol. The Kier molecular flexibility index (Phi) is 5.85. The van der Waals surface area contributed by atoms with Crippen molar-refractivity contribution in [2.45, 2.75) is 13.5 Å². The van der Waals surface area contributed by atoms with Crippen LogP contribution < -0.4 is 4.80 Å². The number of aryl methyl sites for hydroxylation is 1. The highest BCUT2D eigenvalue weighted by Crippen LogP contribution is 2.27. The molecule has 4 aromatic rings. The van der Waals surface area contributed by atoms with Crippen molar-refractivity contribution in [2.24, 2.45) is 4.99 Å². The van der Waals surface area contributed by atoms with E-state index in [9.17, 15) is 9.59 Å². The highest BCUT2D eigenvalue weighted by molar-refractivity contribution is 7.16. The molecule has 0 aliphatic carbocycles. The van der Waals surface area contributed by atoms with Gasteiger partial charge in [0.05, 0.1) is 16.8 Å². The molecule has 0 aliphatic heterocycles. The zero-order chi connectivity index (χ0) is 22.0. The number of fused-ring (bicyclic) bond motifs is 1. The smallest absolute Gasteiger partial charge is 0.279 e. The van der Waals surface area contributed by atoms with Crippen molar-refractivity contribution < 1.29 is 9.59 Å². The fourth-order valence-corrected chi connectivity index (χ4v) is 4.55. The van der Waals surface area contributed by atoms with E-state index < -0.39 is 5.91 Å². The number of carbonyl (C=O) groups excluding carboxylic acids is 2. The van der Waals surface area contributed by atoms with Gasteiger partial charge in [0.1, 0.15) is 0 Å². The van der Waals surface area contributed by atoms with E-state index in [0.717, 1.165) is 15.8 Å². The quantitative estimate of drug-likeness (QED) is 0.318. The summed E-state index contributed by atoms with van der Waals surface area (Å²) in [6.45, 7) is 2.19. The number of hydrogen-bond donors (Lipinski definition) is 0. The van der Waals surface area contributed by atoms with Gasteiger partial charge in [0.15, 0.2) is 10.6 Å². The van der Waals surface area contributed by atoms with E-state index in [1.165, 1.54) is 11.3 Å². The van der Waals surface area contributed by atoms with Gasteiger partial charge >= 0.3 is 0 Å². The molecule has 0 spiro atoms. The lowest BCUT2D eigenvalue weighted by Crippen LogP contribution is -2.17. The minimum Gasteiger partial charge on any atom is -0.304 e. The summed E-state index contributed by atoms with van der Waals surface area (Å²) in [5, 5.41) is 0.632. The lowest BCUT2D eigenvalue weighted by atomic mass is 10.0. The van der Waals surface area contributed by atoms with Crippen molar-refractivity contribution in [2.75, 3.05) is 0 Å². The van der Waals surface area contributed by atoms with Crippen LogP contribution in [0.4, 0.5) is 0 Å². The summed E-state index contributed by atoms with van der Waals surface area (Å²) in [7, 11) is 0. The lowest BCUT2D eigenvalue weighted by Gasteiger charge is -2.05. The van der Waals surface area contributed by atoms with Gasteiger partial charge in [-0.3, -0.25) is 9.59 Å². The van der Waals surface area contributed by atoms with Gasteiger partial charge in [0, 0.05) is 21.7 Å². The van der Waals surface area contributed by atoms with Gasteiger partial charge in [-0.25, -0.2) is 0 Å². The van der Waals surface area contributed by atoms with Crippen LogP contribution in [-0.4, -0.2) is 16.3 Å². The molecular formula is C25H17ClN2O2S. The van der Waals surface area contributed by atoms with Crippen LogP contribution in [0.5, 0.6) is 0 Å². The lowest BCUT2D eigenvalue weighted by molar-refractivity contribution is 0.0994. The van der Waals surface area contributed by atoms with Gasteiger partial charge in [-0.2, -0.15) is 4.99 Å². The van der Waals surface area contributed by atoms with E-state index in [1.54, 1.807) is 36.4 Å². The second-order valence-corrected chi connectivity index (χ2v) is 8.30. The summed E-state index contributed by atoms with van der Waals surface area (Å²) < 4.78 is 2.78. The zero-order valence-electron chi connectivity index (χ0n) is 16.6. The van der Waals surface area contributed by atoms with Gasteiger partial charge in [-0.15, -0.1) is 6.42 Å².